The zero-order chi connectivity index (χ0) is 15.2. The molecular formula is C14H21N5O2. The van der Waals surface area contributed by atoms with Gasteiger partial charge in [-0.2, -0.15) is 5.10 Å². The molecule has 0 atom stereocenters. The molecule has 7 nitrogen and oxygen atoms in total. The van der Waals surface area contributed by atoms with Gasteiger partial charge in [-0.15, -0.1) is 0 Å². The van der Waals surface area contributed by atoms with Crippen LogP contribution in [0.25, 0.3) is 0 Å². The van der Waals surface area contributed by atoms with Gasteiger partial charge in [0.2, 0.25) is 5.91 Å². The second-order valence-corrected chi connectivity index (χ2v) is 4.99. The Kier molecular flexibility index (Phi) is 5.10. The smallest absolute Gasteiger partial charge is 0.223 e. The number of imidazole rings is 1. The van der Waals surface area contributed by atoms with Crippen molar-refractivity contribution in [1.29, 1.82) is 0 Å². The molecule has 2 aromatic heterocycles. The minimum absolute atomic E-state index is 0.000417. The van der Waals surface area contributed by atoms with Gasteiger partial charge in [0.15, 0.2) is 0 Å². The summed E-state index contributed by atoms with van der Waals surface area (Å²) in [5.74, 6) is 0.716. The van der Waals surface area contributed by atoms with Gasteiger partial charge >= 0.3 is 0 Å². The molecule has 1 amide bonds. The molecule has 2 heterocycles. The SMILES string of the molecule is Cc1n[nH]c(C)c1CCC(=O)N(CCO)Cc1ncc[nH]1. The van der Waals surface area contributed by atoms with Gasteiger partial charge in [-0.3, -0.25) is 9.89 Å². The number of aliphatic hydroxyl groups is 1. The maximum Gasteiger partial charge on any atom is 0.223 e. The van der Waals surface area contributed by atoms with Crippen LogP contribution in [0.3, 0.4) is 0 Å². The van der Waals surface area contributed by atoms with E-state index in [9.17, 15) is 4.79 Å². The van der Waals surface area contributed by atoms with Gasteiger partial charge in [0.05, 0.1) is 18.8 Å². The van der Waals surface area contributed by atoms with Crippen LogP contribution in [0.2, 0.25) is 0 Å². The van der Waals surface area contributed by atoms with Gasteiger partial charge in [0, 0.05) is 31.1 Å². The van der Waals surface area contributed by atoms with Crippen molar-refractivity contribution in [3.8, 4) is 0 Å². The summed E-state index contributed by atoms with van der Waals surface area (Å²) in [5, 5.41) is 16.2. The van der Waals surface area contributed by atoms with E-state index in [1.165, 1.54) is 0 Å². The summed E-state index contributed by atoms with van der Waals surface area (Å²) in [6, 6.07) is 0. The van der Waals surface area contributed by atoms with Crippen LogP contribution in [0.5, 0.6) is 0 Å². The molecule has 0 aromatic carbocycles. The number of rotatable bonds is 7. The predicted molar refractivity (Wildman–Crippen MR) is 77.5 cm³/mol. The van der Waals surface area contributed by atoms with E-state index in [0.29, 0.717) is 31.8 Å². The van der Waals surface area contributed by atoms with Crippen molar-refractivity contribution < 1.29 is 9.90 Å². The fraction of sp³-hybridized carbons (Fsp3) is 0.500. The molecule has 0 fully saturated rings. The molecule has 0 spiro atoms. The van der Waals surface area contributed by atoms with Crippen LogP contribution in [-0.2, 0) is 17.8 Å². The molecule has 2 aromatic rings. The lowest BCUT2D eigenvalue weighted by molar-refractivity contribution is -0.132. The molecule has 21 heavy (non-hydrogen) atoms. The van der Waals surface area contributed by atoms with Gasteiger partial charge < -0.3 is 15.0 Å². The normalized spacial score (nSPS) is 10.8. The first-order valence-electron chi connectivity index (χ1n) is 6.99. The summed E-state index contributed by atoms with van der Waals surface area (Å²) in [6.07, 6.45) is 4.40. The number of amides is 1. The summed E-state index contributed by atoms with van der Waals surface area (Å²) < 4.78 is 0. The lowest BCUT2D eigenvalue weighted by Gasteiger charge is -2.20. The van der Waals surface area contributed by atoms with Crippen molar-refractivity contribution >= 4 is 5.91 Å². The number of aromatic amines is 2. The fourth-order valence-electron chi connectivity index (χ4n) is 2.31. The Bertz CT molecular complexity index is 557. The number of aromatic nitrogens is 4. The average molecular weight is 291 g/mol. The van der Waals surface area contributed by atoms with Crippen molar-refractivity contribution in [2.75, 3.05) is 13.2 Å². The third-order valence-corrected chi connectivity index (χ3v) is 3.49. The van der Waals surface area contributed by atoms with E-state index < -0.39 is 0 Å². The number of H-pyrrole nitrogens is 2. The fourth-order valence-corrected chi connectivity index (χ4v) is 2.31. The van der Waals surface area contributed by atoms with Crippen molar-refractivity contribution in [1.82, 2.24) is 25.1 Å². The third-order valence-electron chi connectivity index (χ3n) is 3.49. The highest BCUT2D eigenvalue weighted by Gasteiger charge is 2.16. The monoisotopic (exact) mass is 291 g/mol. The Hall–Kier alpha value is -2.15. The first-order valence-corrected chi connectivity index (χ1v) is 6.99. The molecule has 0 unspecified atom stereocenters. The Morgan fingerprint density at radius 2 is 2.24 bits per heavy atom. The summed E-state index contributed by atoms with van der Waals surface area (Å²) in [5.41, 5.74) is 3.02. The second-order valence-electron chi connectivity index (χ2n) is 4.99. The van der Waals surface area contributed by atoms with E-state index in [2.05, 4.69) is 20.2 Å². The quantitative estimate of drug-likeness (QED) is 0.699. The summed E-state index contributed by atoms with van der Waals surface area (Å²) in [4.78, 5) is 21.0. The zero-order valence-electron chi connectivity index (χ0n) is 12.4. The molecule has 0 radical (unpaired) electrons. The minimum Gasteiger partial charge on any atom is -0.395 e. The topological polar surface area (TPSA) is 97.9 Å². The Labute approximate surface area is 123 Å². The lowest BCUT2D eigenvalue weighted by atomic mass is 10.1. The number of hydrogen-bond donors (Lipinski definition) is 3. The molecule has 0 saturated heterocycles. The molecule has 2 rings (SSSR count). The van der Waals surface area contributed by atoms with Crippen LogP contribution >= 0.6 is 0 Å². The number of carbonyl (C=O) groups is 1. The standard InChI is InChI=1S/C14H21N5O2/c1-10-12(11(2)18-17-10)3-4-14(21)19(7-8-20)9-13-15-5-6-16-13/h5-6,20H,3-4,7-9H2,1-2H3,(H,15,16)(H,17,18). The molecule has 0 aliphatic heterocycles. The molecule has 0 saturated carbocycles. The van der Waals surface area contributed by atoms with Crippen LogP contribution < -0.4 is 0 Å². The first-order chi connectivity index (χ1) is 10.1. The maximum absolute atomic E-state index is 12.3. The zero-order valence-corrected chi connectivity index (χ0v) is 12.4. The van der Waals surface area contributed by atoms with Crippen molar-refractivity contribution in [3.63, 3.8) is 0 Å². The first kappa shape index (κ1) is 15.2. The van der Waals surface area contributed by atoms with Crippen LogP contribution in [0.15, 0.2) is 12.4 Å². The van der Waals surface area contributed by atoms with Crippen LogP contribution in [0.1, 0.15) is 29.2 Å². The predicted octanol–water partition coefficient (Wildman–Crippen LogP) is 0.703. The highest BCUT2D eigenvalue weighted by Crippen LogP contribution is 2.13. The van der Waals surface area contributed by atoms with Crippen molar-refractivity contribution in [2.45, 2.75) is 33.2 Å². The number of aliphatic hydroxyl groups excluding tert-OH is 1. The van der Waals surface area contributed by atoms with Crippen molar-refractivity contribution in [3.05, 3.63) is 35.2 Å². The lowest BCUT2D eigenvalue weighted by Crippen LogP contribution is -2.33. The number of aryl methyl sites for hydroxylation is 2. The molecule has 3 N–H and O–H groups in total. The average Bonchev–Trinajstić information content (AvgIpc) is 3.07. The van der Waals surface area contributed by atoms with Gasteiger partial charge in [-0.25, -0.2) is 4.98 Å². The van der Waals surface area contributed by atoms with Gasteiger partial charge in [0.1, 0.15) is 5.82 Å². The van der Waals surface area contributed by atoms with Crippen LogP contribution in [-0.4, -0.2) is 49.2 Å². The second kappa shape index (κ2) is 7.03. The number of hydrogen-bond acceptors (Lipinski definition) is 4. The van der Waals surface area contributed by atoms with Crippen LogP contribution in [0, 0.1) is 13.8 Å². The van der Waals surface area contributed by atoms with E-state index in [1.807, 2.05) is 13.8 Å². The van der Waals surface area contributed by atoms with Gasteiger partial charge in [-0.1, -0.05) is 0 Å². The molecule has 114 valence electrons. The molecule has 0 bridgehead atoms. The highest BCUT2D eigenvalue weighted by atomic mass is 16.3. The number of nitrogens with one attached hydrogen (secondary N) is 2. The Morgan fingerprint density at radius 3 is 2.81 bits per heavy atom. The molecular weight excluding hydrogens is 270 g/mol. The Balaban J connectivity index is 1.95. The number of carbonyl (C=O) groups excluding carboxylic acids is 1. The van der Waals surface area contributed by atoms with E-state index in [-0.39, 0.29) is 12.5 Å². The molecule has 7 heteroatoms. The minimum atomic E-state index is -0.0593. The van der Waals surface area contributed by atoms with E-state index in [1.54, 1.807) is 17.3 Å². The highest BCUT2D eigenvalue weighted by molar-refractivity contribution is 5.76. The maximum atomic E-state index is 12.3. The molecule has 0 aliphatic rings. The Morgan fingerprint density at radius 1 is 1.43 bits per heavy atom. The van der Waals surface area contributed by atoms with Crippen molar-refractivity contribution in [2.24, 2.45) is 0 Å². The summed E-state index contributed by atoms with van der Waals surface area (Å²) >= 11 is 0. The van der Waals surface area contributed by atoms with E-state index in [4.69, 9.17) is 5.11 Å². The van der Waals surface area contributed by atoms with E-state index in [0.717, 1.165) is 17.0 Å². The number of nitrogens with zero attached hydrogens (tertiary/aromatic N) is 3. The molecule has 0 aliphatic carbocycles. The summed E-state index contributed by atoms with van der Waals surface area (Å²) in [7, 11) is 0. The largest absolute Gasteiger partial charge is 0.395 e. The van der Waals surface area contributed by atoms with E-state index >= 15 is 0 Å². The van der Waals surface area contributed by atoms with Gasteiger partial charge in [0.25, 0.3) is 0 Å². The summed E-state index contributed by atoms with van der Waals surface area (Å²) in [6.45, 7) is 4.51. The van der Waals surface area contributed by atoms with Gasteiger partial charge in [-0.05, 0) is 25.8 Å². The third kappa shape index (κ3) is 3.91. The van der Waals surface area contributed by atoms with Crippen LogP contribution in [0.4, 0.5) is 0 Å².